The molecule has 0 bridgehead atoms. The molecule has 1 amide bonds. The van der Waals surface area contributed by atoms with E-state index in [4.69, 9.17) is 44.8 Å². The van der Waals surface area contributed by atoms with Crippen LogP contribution in [0.2, 0.25) is 15.1 Å². The van der Waals surface area contributed by atoms with Gasteiger partial charge in [-0.1, -0.05) is 46.9 Å². The summed E-state index contributed by atoms with van der Waals surface area (Å²) in [6, 6.07) is 11.6. The number of rotatable bonds is 4. The largest absolute Gasteiger partial charge is 0.479 e. The van der Waals surface area contributed by atoms with E-state index in [1.807, 2.05) is 6.07 Å². The number of ether oxygens (including phenoxy) is 1. The average molecular weight is 370 g/mol. The van der Waals surface area contributed by atoms with Crippen LogP contribution in [0.5, 0.6) is 5.75 Å². The van der Waals surface area contributed by atoms with Gasteiger partial charge in [-0.2, -0.15) is 5.26 Å². The zero-order valence-electron chi connectivity index (χ0n) is 11.9. The number of carbonyl (C=O) groups excluding carboxylic acids is 1. The van der Waals surface area contributed by atoms with Gasteiger partial charge in [-0.3, -0.25) is 4.79 Å². The zero-order chi connectivity index (χ0) is 17.0. The first-order valence-electron chi connectivity index (χ1n) is 6.53. The number of hydrogen-bond acceptors (Lipinski definition) is 3. The van der Waals surface area contributed by atoms with Gasteiger partial charge in [-0.15, -0.1) is 0 Å². The lowest BCUT2D eigenvalue weighted by Crippen LogP contribution is -2.30. The van der Waals surface area contributed by atoms with E-state index < -0.39 is 12.0 Å². The van der Waals surface area contributed by atoms with E-state index in [2.05, 4.69) is 5.32 Å². The topological polar surface area (TPSA) is 62.1 Å². The van der Waals surface area contributed by atoms with Crippen molar-refractivity contribution < 1.29 is 9.53 Å². The van der Waals surface area contributed by atoms with E-state index in [9.17, 15) is 4.79 Å². The van der Waals surface area contributed by atoms with Crippen LogP contribution in [0.15, 0.2) is 36.4 Å². The highest BCUT2D eigenvalue weighted by atomic mass is 35.5. The Bertz CT molecular complexity index is 787. The second kappa shape index (κ2) is 7.56. The SMILES string of the molecule is C[C@@H](Oc1cc(Cl)c(Cl)cc1Cl)C(=O)Nc1ccccc1C#N. The summed E-state index contributed by atoms with van der Waals surface area (Å²) in [5.41, 5.74) is 0.774. The number of halogens is 3. The highest BCUT2D eigenvalue weighted by molar-refractivity contribution is 6.43. The lowest BCUT2D eigenvalue weighted by Gasteiger charge is -2.16. The van der Waals surface area contributed by atoms with Gasteiger partial charge < -0.3 is 10.1 Å². The van der Waals surface area contributed by atoms with Gasteiger partial charge in [0.15, 0.2) is 6.10 Å². The molecule has 0 unspecified atom stereocenters. The Kier molecular flexibility index (Phi) is 5.73. The number of para-hydroxylation sites is 1. The third-order valence-corrected chi connectivity index (χ3v) is 3.97. The molecule has 0 aliphatic heterocycles. The molecular weight excluding hydrogens is 359 g/mol. The molecule has 2 aromatic carbocycles. The molecule has 1 N–H and O–H groups in total. The molecule has 0 aromatic heterocycles. The van der Waals surface area contributed by atoms with Gasteiger partial charge in [-0.05, 0) is 25.1 Å². The molecule has 1 atom stereocenters. The third-order valence-electron chi connectivity index (χ3n) is 2.95. The number of hydrogen-bond donors (Lipinski definition) is 1. The Labute approximate surface area is 148 Å². The van der Waals surface area contributed by atoms with Crippen LogP contribution in [0.1, 0.15) is 12.5 Å². The summed E-state index contributed by atoms with van der Waals surface area (Å²) in [6.45, 7) is 1.56. The Hall–Kier alpha value is -1.93. The molecule has 4 nitrogen and oxygen atoms in total. The molecule has 0 heterocycles. The number of amides is 1. The summed E-state index contributed by atoms with van der Waals surface area (Å²) in [6.07, 6.45) is -0.850. The second-order valence-electron chi connectivity index (χ2n) is 4.60. The van der Waals surface area contributed by atoms with Crippen molar-refractivity contribution in [3.63, 3.8) is 0 Å². The quantitative estimate of drug-likeness (QED) is 0.778. The Morgan fingerprint density at radius 3 is 2.52 bits per heavy atom. The van der Waals surface area contributed by atoms with Crippen molar-refractivity contribution in [2.75, 3.05) is 5.32 Å². The van der Waals surface area contributed by atoms with Gasteiger partial charge in [0, 0.05) is 6.07 Å². The van der Waals surface area contributed by atoms with Crippen molar-refractivity contribution in [2.24, 2.45) is 0 Å². The van der Waals surface area contributed by atoms with Crippen molar-refractivity contribution in [2.45, 2.75) is 13.0 Å². The first-order chi connectivity index (χ1) is 10.9. The molecule has 23 heavy (non-hydrogen) atoms. The fourth-order valence-corrected chi connectivity index (χ4v) is 2.34. The van der Waals surface area contributed by atoms with Crippen LogP contribution in [-0.2, 0) is 4.79 Å². The van der Waals surface area contributed by atoms with Crippen molar-refractivity contribution in [3.8, 4) is 11.8 Å². The highest BCUT2D eigenvalue weighted by Gasteiger charge is 2.18. The van der Waals surface area contributed by atoms with Crippen molar-refractivity contribution in [1.29, 1.82) is 5.26 Å². The smallest absolute Gasteiger partial charge is 0.265 e. The van der Waals surface area contributed by atoms with Crippen LogP contribution < -0.4 is 10.1 Å². The minimum Gasteiger partial charge on any atom is -0.479 e. The molecular formula is C16H11Cl3N2O2. The standard InChI is InChI=1S/C16H11Cl3N2O2/c1-9(23-15-7-12(18)11(17)6-13(15)19)16(22)21-14-5-3-2-4-10(14)8-20/h2-7,9H,1H3,(H,21,22)/t9-/m1/s1. The monoisotopic (exact) mass is 368 g/mol. The first kappa shape index (κ1) is 17.4. The number of carbonyl (C=O) groups is 1. The predicted molar refractivity (Wildman–Crippen MR) is 91.3 cm³/mol. The lowest BCUT2D eigenvalue weighted by atomic mass is 10.2. The Morgan fingerprint density at radius 1 is 1.17 bits per heavy atom. The molecule has 7 heteroatoms. The van der Waals surface area contributed by atoms with E-state index in [0.29, 0.717) is 16.3 Å². The summed E-state index contributed by atoms with van der Waals surface area (Å²) in [5, 5.41) is 12.5. The predicted octanol–water partition coefficient (Wildman–Crippen LogP) is 4.92. The minimum atomic E-state index is -0.850. The maximum absolute atomic E-state index is 12.2. The molecule has 0 aliphatic rings. The van der Waals surface area contributed by atoms with Crippen LogP contribution in [-0.4, -0.2) is 12.0 Å². The van der Waals surface area contributed by atoms with Gasteiger partial charge in [0.05, 0.1) is 26.3 Å². The molecule has 2 aromatic rings. The van der Waals surface area contributed by atoms with E-state index in [1.54, 1.807) is 31.2 Å². The van der Waals surface area contributed by atoms with Crippen LogP contribution in [0, 0.1) is 11.3 Å². The summed E-state index contributed by atoms with van der Waals surface area (Å²) in [5.74, 6) is -0.174. The molecule has 0 spiro atoms. The van der Waals surface area contributed by atoms with E-state index in [-0.39, 0.29) is 15.8 Å². The lowest BCUT2D eigenvalue weighted by molar-refractivity contribution is -0.122. The summed E-state index contributed by atoms with van der Waals surface area (Å²) >= 11 is 17.8. The van der Waals surface area contributed by atoms with Gasteiger partial charge in [-0.25, -0.2) is 0 Å². The molecule has 0 fully saturated rings. The molecule has 0 aliphatic carbocycles. The van der Waals surface area contributed by atoms with Gasteiger partial charge in [0.1, 0.15) is 11.8 Å². The van der Waals surface area contributed by atoms with Crippen molar-refractivity contribution >= 4 is 46.4 Å². The Morgan fingerprint density at radius 2 is 1.83 bits per heavy atom. The summed E-state index contributed by atoms with van der Waals surface area (Å²) in [7, 11) is 0. The van der Waals surface area contributed by atoms with Crippen LogP contribution >= 0.6 is 34.8 Å². The number of anilines is 1. The number of benzene rings is 2. The van der Waals surface area contributed by atoms with Gasteiger partial charge in [0.2, 0.25) is 0 Å². The van der Waals surface area contributed by atoms with Gasteiger partial charge >= 0.3 is 0 Å². The fraction of sp³-hybridized carbons (Fsp3) is 0.125. The highest BCUT2D eigenvalue weighted by Crippen LogP contribution is 2.34. The van der Waals surface area contributed by atoms with Crippen LogP contribution in [0.25, 0.3) is 0 Å². The molecule has 2 rings (SSSR count). The second-order valence-corrected chi connectivity index (χ2v) is 5.83. The third kappa shape index (κ3) is 4.29. The maximum atomic E-state index is 12.2. The number of nitriles is 1. The van der Waals surface area contributed by atoms with E-state index in [1.165, 1.54) is 12.1 Å². The Balaban J connectivity index is 2.12. The van der Waals surface area contributed by atoms with Crippen LogP contribution in [0.4, 0.5) is 5.69 Å². The maximum Gasteiger partial charge on any atom is 0.265 e. The normalized spacial score (nSPS) is 11.4. The molecule has 0 saturated carbocycles. The van der Waals surface area contributed by atoms with E-state index >= 15 is 0 Å². The van der Waals surface area contributed by atoms with E-state index in [0.717, 1.165) is 0 Å². The summed E-state index contributed by atoms with van der Waals surface area (Å²) in [4.78, 5) is 12.2. The van der Waals surface area contributed by atoms with Crippen LogP contribution in [0.3, 0.4) is 0 Å². The number of nitrogens with one attached hydrogen (secondary N) is 1. The first-order valence-corrected chi connectivity index (χ1v) is 7.67. The van der Waals surface area contributed by atoms with Gasteiger partial charge in [0.25, 0.3) is 5.91 Å². The minimum absolute atomic E-state index is 0.247. The molecule has 0 radical (unpaired) electrons. The number of nitrogens with zero attached hydrogens (tertiary/aromatic N) is 1. The zero-order valence-corrected chi connectivity index (χ0v) is 14.2. The van der Waals surface area contributed by atoms with Crippen molar-refractivity contribution in [1.82, 2.24) is 0 Å². The van der Waals surface area contributed by atoms with Crippen molar-refractivity contribution in [3.05, 3.63) is 57.0 Å². The molecule has 118 valence electrons. The fourth-order valence-electron chi connectivity index (χ4n) is 1.76. The summed E-state index contributed by atoms with van der Waals surface area (Å²) < 4.78 is 5.52. The molecule has 0 saturated heterocycles. The average Bonchev–Trinajstić information content (AvgIpc) is 2.53.